The van der Waals surface area contributed by atoms with Gasteiger partial charge in [-0.25, -0.2) is 4.68 Å². The molecule has 2 unspecified atom stereocenters. The number of benzene rings is 1. The van der Waals surface area contributed by atoms with Crippen molar-refractivity contribution in [2.75, 3.05) is 13.1 Å². The zero-order valence-corrected chi connectivity index (χ0v) is 16.7. The van der Waals surface area contributed by atoms with Gasteiger partial charge in [0, 0.05) is 17.8 Å². The highest BCUT2D eigenvalue weighted by molar-refractivity contribution is 5.92. The van der Waals surface area contributed by atoms with E-state index < -0.39 is 28.8 Å². The van der Waals surface area contributed by atoms with Gasteiger partial charge in [0.15, 0.2) is 5.69 Å². The summed E-state index contributed by atoms with van der Waals surface area (Å²) in [6.45, 7) is 4.91. The van der Waals surface area contributed by atoms with E-state index in [1.807, 2.05) is 6.92 Å². The second-order valence-electron chi connectivity index (χ2n) is 6.98. The molecule has 0 radical (unpaired) electrons. The van der Waals surface area contributed by atoms with Crippen LogP contribution in [0.5, 0.6) is 0 Å². The molecule has 1 aromatic heterocycles. The van der Waals surface area contributed by atoms with Crippen LogP contribution in [0.4, 0.5) is 13.2 Å². The van der Waals surface area contributed by atoms with E-state index in [1.54, 1.807) is 0 Å². The Morgan fingerprint density at radius 3 is 2.66 bits per heavy atom. The summed E-state index contributed by atoms with van der Waals surface area (Å²) in [5.41, 5.74) is -1.98. The van der Waals surface area contributed by atoms with Gasteiger partial charge in [0.2, 0.25) is 5.43 Å². The minimum absolute atomic E-state index is 0. The molecular formula is C19H22ClF3N4O2. The zero-order valence-electron chi connectivity index (χ0n) is 15.9. The molecule has 1 fully saturated rings. The molecule has 2 N–H and O–H groups in total. The van der Waals surface area contributed by atoms with Crippen LogP contribution in [0.3, 0.4) is 0 Å². The second kappa shape index (κ2) is 8.96. The number of aryl methyl sites for hydroxylation is 1. The number of rotatable bonds is 3. The molecule has 1 aromatic carbocycles. The number of nitrogens with zero attached hydrogens (tertiary/aromatic N) is 2. The number of amides is 1. The number of carbonyl (C=O) groups is 1. The summed E-state index contributed by atoms with van der Waals surface area (Å²) in [5.74, 6) is -0.515. The van der Waals surface area contributed by atoms with Crippen molar-refractivity contribution >= 4 is 18.3 Å². The Bertz CT molecular complexity index is 946. The van der Waals surface area contributed by atoms with Crippen molar-refractivity contribution in [3.05, 3.63) is 57.5 Å². The van der Waals surface area contributed by atoms with E-state index in [2.05, 4.69) is 15.7 Å². The minimum atomic E-state index is -4.60. The molecule has 1 saturated heterocycles. The molecule has 0 bridgehead atoms. The lowest BCUT2D eigenvalue weighted by atomic mass is 9.95. The number of halogens is 4. The van der Waals surface area contributed by atoms with Crippen LogP contribution in [-0.2, 0) is 6.18 Å². The first-order chi connectivity index (χ1) is 13.2. The summed E-state index contributed by atoms with van der Waals surface area (Å²) >= 11 is 0. The van der Waals surface area contributed by atoms with Gasteiger partial charge in [-0.3, -0.25) is 9.59 Å². The molecule has 2 heterocycles. The highest BCUT2D eigenvalue weighted by Crippen LogP contribution is 2.33. The van der Waals surface area contributed by atoms with Crippen LogP contribution in [0, 0.1) is 12.8 Å². The molecular weight excluding hydrogens is 409 g/mol. The highest BCUT2D eigenvalue weighted by atomic mass is 35.5. The summed E-state index contributed by atoms with van der Waals surface area (Å²) < 4.78 is 41.1. The van der Waals surface area contributed by atoms with Crippen LogP contribution in [0.15, 0.2) is 35.1 Å². The standard InChI is InChI=1S/C19H21F3N4O2.ClH/c1-11-10-23-8-7-14(11)24-18(28)17-16(27)9-12(2)26(25-17)15-6-4-3-5-13(15)19(20,21)22;/h3-6,9,11,14,23H,7-8,10H2,1-2H3,(H,24,28);1H. The Balaban J connectivity index is 0.00000300. The van der Waals surface area contributed by atoms with Gasteiger partial charge in [0.1, 0.15) is 0 Å². The van der Waals surface area contributed by atoms with Gasteiger partial charge in [-0.15, -0.1) is 12.4 Å². The summed E-state index contributed by atoms with van der Waals surface area (Å²) in [5, 5.41) is 9.98. The van der Waals surface area contributed by atoms with Crippen molar-refractivity contribution < 1.29 is 18.0 Å². The molecule has 158 valence electrons. The molecule has 2 atom stereocenters. The molecule has 29 heavy (non-hydrogen) atoms. The Morgan fingerprint density at radius 1 is 1.31 bits per heavy atom. The number of hydrogen-bond donors (Lipinski definition) is 2. The van der Waals surface area contributed by atoms with Crippen LogP contribution in [0.2, 0.25) is 0 Å². The van der Waals surface area contributed by atoms with Gasteiger partial charge in [-0.05, 0) is 44.5 Å². The fourth-order valence-electron chi connectivity index (χ4n) is 3.31. The molecule has 1 aliphatic rings. The van der Waals surface area contributed by atoms with Crippen LogP contribution < -0.4 is 16.1 Å². The van der Waals surface area contributed by atoms with Crippen LogP contribution in [0.1, 0.15) is 35.1 Å². The van der Waals surface area contributed by atoms with Crippen molar-refractivity contribution in [1.82, 2.24) is 20.4 Å². The monoisotopic (exact) mass is 430 g/mol. The van der Waals surface area contributed by atoms with Gasteiger partial charge in [0.05, 0.1) is 11.3 Å². The van der Waals surface area contributed by atoms with E-state index in [1.165, 1.54) is 25.1 Å². The third kappa shape index (κ3) is 4.97. The van der Waals surface area contributed by atoms with Crippen LogP contribution in [-0.4, -0.2) is 34.8 Å². The maximum absolute atomic E-state index is 13.4. The van der Waals surface area contributed by atoms with Gasteiger partial charge in [-0.1, -0.05) is 19.1 Å². The van der Waals surface area contributed by atoms with Gasteiger partial charge in [0.25, 0.3) is 5.91 Å². The third-order valence-electron chi connectivity index (χ3n) is 4.86. The number of aromatic nitrogens is 2. The summed E-state index contributed by atoms with van der Waals surface area (Å²) in [7, 11) is 0. The number of piperidine rings is 1. The van der Waals surface area contributed by atoms with Crippen molar-refractivity contribution in [2.45, 2.75) is 32.5 Å². The van der Waals surface area contributed by atoms with Gasteiger partial charge >= 0.3 is 6.18 Å². The first kappa shape index (κ1) is 22.9. The van der Waals surface area contributed by atoms with Crippen molar-refractivity contribution in [1.29, 1.82) is 0 Å². The van der Waals surface area contributed by atoms with E-state index >= 15 is 0 Å². The molecule has 0 aliphatic carbocycles. The molecule has 10 heteroatoms. The van der Waals surface area contributed by atoms with Crippen molar-refractivity contribution in [3.8, 4) is 5.69 Å². The number of nitrogens with one attached hydrogen (secondary N) is 2. The topological polar surface area (TPSA) is 76.0 Å². The van der Waals surface area contributed by atoms with E-state index in [0.29, 0.717) is 6.42 Å². The van der Waals surface area contributed by atoms with E-state index in [-0.39, 0.29) is 35.7 Å². The lowest BCUT2D eigenvalue weighted by Crippen LogP contribution is -2.49. The third-order valence-corrected chi connectivity index (χ3v) is 4.86. The molecule has 0 spiro atoms. The first-order valence-electron chi connectivity index (χ1n) is 8.97. The molecule has 0 saturated carbocycles. The van der Waals surface area contributed by atoms with Crippen molar-refractivity contribution in [3.63, 3.8) is 0 Å². The molecule has 1 amide bonds. The normalized spacial score (nSPS) is 19.3. The Kier molecular flexibility index (Phi) is 7.07. The van der Waals surface area contributed by atoms with Crippen LogP contribution >= 0.6 is 12.4 Å². The molecule has 2 aromatic rings. The summed E-state index contributed by atoms with van der Waals surface area (Å²) in [4.78, 5) is 24.9. The lowest BCUT2D eigenvalue weighted by molar-refractivity contribution is -0.137. The smallest absolute Gasteiger partial charge is 0.347 e. The maximum Gasteiger partial charge on any atom is 0.418 e. The zero-order chi connectivity index (χ0) is 20.5. The van der Waals surface area contributed by atoms with Gasteiger partial charge in [-0.2, -0.15) is 18.3 Å². The van der Waals surface area contributed by atoms with E-state index in [9.17, 15) is 22.8 Å². The second-order valence-corrected chi connectivity index (χ2v) is 6.98. The fourth-order valence-corrected chi connectivity index (χ4v) is 3.31. The number of hydrogen-bond acceptors (Lipinski definition) is 4. The molecule has 3 rings (SSSR count). The number of carbonyl (C=O) groups excluding carboxylic acids is 1. The summed E-state index contributed by atoms with van der Waals surface area (Å²) in [6, 6.07) is 5.90. The fraction of sp³-hybridized carbons (Fsp3) is 0.421. The summed E-state index contributed by atoms with van der Waals surface area (Å²) in [6.07, 6.45) is -3.90. The quantitative estimate of drug-likeness (QED) is 0.785. The number of para-hydroxylation sites is 1. The SMILES string of the molecule is Cc1cc(=O)c(C(=O)NC2CCNCC2C)nn1-c1ccccc1C(F)(F)F.Cl. The van der Waals surface area contributed by atoms with Gasteiger partial charge < -0.3 is 10.6 Å². The van der Waals surface area contributed by atoms with E-state index in [0.717, 1.165) is 29.9 Å². The van der Waals surface area contributed by atoms with Crippen molar-refractivity contribution in [2.24, 2.45) is 5.92 Å². The Morgan fingerprint density at radius 2 is 2.00 bits per heavy atom. The maximum atomic E-state index is 13.4. The van der Waals surface area contributed by atoms with E-state index in [4.69, 9.17) is 0 Å². The molecule has 6 nitrogen and oxygen atoms in total. The minimum Gasteiger partial charge on any atom is -0.347 e. The Hall–Kier alpha value is -2.39. The number of alkyl halides is 3. The first-order valence-corrected chi connectivity index (χ1v) is 8.97. The largest absolute Gasteiger partial charge is 0.418 e. The molecule has 1 aliphatic heterocycles. The predicted octanol–water partition coefficient (Wildman–Crippen LogP) is 2.71. The van der Waals surface area contributed by atoms with Crippen LogP contribution in [0.25, 0.3) is 5.69 Å². The predicted molar refractivity (Wildman–Crippen MR) is 105 cm³/mol. The highest BCUT2D eigenvalue weighted by Gasteiger charge is 2.34. The average Bonchev–Trinajstić information content (AvgIpc) is 2.63. The average molecular weight is 431 g/mol. The lowest BCUT2D eigenvalue weighted by Gasteiger charge is -2.30. The Labute approximate surface area is 171 Å².